The predicted molar refractivity (Wildman–Crippen MR) is 115 cm³/mol. The number of hydrogen-bond donors (Lipinski definition) is 2. The molecule has 2 fully saturated rings. The minimum Gasteiger partial charge on any atom is -0.373 e. The monoisotopic (exact) mass is 414 g/mol. The molecule has 0 radical (unpaired) electrons. The van der Waals surface area contributed by atoms with Gasteiger partial charge in [-0.15, -0.1) is 0 Å². The summed E-state index contributed by atoms with van der Waals surface area (Å²) in [6.07, 6.45) is 8.09. The van der Waals surface area contributed by atoms with Crippen molar-refractivity contribution < 1.29 is 19.1 Å². The Bertz CT molecular complexity index is 713. The molecule has 2 amide bonds. The molecule has 1 aromatic rings. The zero-order valence-electron chi connectivity index (χ0n) is 17.9. The normalized spacial score (nSPS) is 23.6. The van der Waals surface area contributed by atoms with Crippen LogP contribution in [-0.2, 0) is 14.3 Å². The number of carbonyl (C=O) groups is 3. The van der Waals surface area contributed by atoms with Crippen molar-refractivity contribution in [2.75, 3.05) is 13.2 Å². The van der Waals surface area contributed by atoms with Gasteiger partial charge in [0.2, 0.25) is 5.91 Å². The number of carbonyl (C=O) groups excluding carboxylic acids is 3. The maximum Gasteiger partial charge on any atom is 0.251 e. The molecular weight excluding hydrogens is 380 g/mol. The lowest BCUT2D eigenvalue weighted by Crippen LogP contribution is -2.57. The third kappa shape index (κ3) is 6.14. The summed E-state index contributed by atoms with van der Waals surface area (Å²) in [7, 11) is 0. The second-order valence-corrected chi connectivity index (χ2v) is 8.65. The topological polar surface area (TPSA) is 84.5 Å². The van der Waals surface area contributed by atoms with Gasteiger partial charge in [0.25, 0.3) is 5.91 Å². The van der Waals surface area contributed by atoms with E-state index in [9.17, 15) is 14.4 Å². The van der Waals surface area contributed by atoms with E-state index in [1.807, 2.05) is 6.07 Å². The van der Waals surface area contributed by atoms with Crippen LogP contribution >= 0.6 is 0 Å². The molecule has 1 heterocycles. The van der Waals surface area contributed by atoms with Crippen molar-refractivity contribution in [1.29, 1.82) is 0 Å². The smallest absolute Gasteiger partial charge is 0.251 e. The van der Waals surface area contributed by atoms with Gasteiger partial charge in [0.1, 0.15) is 12.6 Å². The van der Waals surface area contributed by atoms with Gasteiger partial charge in [-0.25, -0.2) is 0 Å². The molecule has 2 N–H and O–H groups in total. The maximum absolute atomic E-state index is 13.2. The molecule has 1 saturated carbocycles. The fraction of sp³-hybridized carbons (Fsp3) is 0.625. The van der Waals surface area contributed by atoms with Gasteiger partial charge in [-0.05, 0) is 30.9 Å². The molecule has 0 bridgehead atoms. The van der Waals surface area contributed by atoms with E-state index >= 15 is 0 Å². The number of amides is 2. The Kier molecular flexibility index (Phi) is 8.43. The van der Waals surface area contributed by atoms with Crippen LogP contribution in [0.25, 0.3) is 0 Å². The van der Waals surface area contributed by atoms with E-state index in [-0.39, 0.29) is 30.1 Å². The number of hydrogen-bond acceptors (Lipinski definition) is 4. The Morgan fingerprint density at radius 1 is 1.13 bits per heavy atom. The van der Waals surface area contributed by atoms with Crippen LogP contribution in [0.15, 0.2) is 30.3 Å². The molecule has 6 heteroatoms. The highest BCUT2D eigenvalue weighted by atomic mass is 16.5. The van der Waals surface area contributed by atoms with E-state index in [2.05, 4.69) is 17.6 Å². The average molecular weight is 415 g/mol. The summed E-state index contributed by atoms with van der Waals surface area (Å²) in [6.45, 7) is 2.58. The Morgan fingerprint density at radius 2 is 1.87 bits per heavy atom. The van der Waals surface area contributed by atoms with Crippen LogP contribution < -0.4 is 10.6 Å². The first-order chi connectivity index (χ1) is 14.6. The lowest BCUT2D eigenvalue weighted by Gasteiger charge is -2.33. The fourth-order valence-electron chi connectivity index (χ4n) is 4.65. The van der Waals surface area contributed by atoms with Gasteiger partial charge >= 0.3 is 0 Å². The van der Waals surface area contributed by atoms with Gasteiger partial charge in [0.05, 0.1) is 12.6 Å². The zero-order chi connectivity index (χ0) is 21.3. The highest BCUT2D eigenvalue weighted by Gasteiger charge is 2.35. The lowest BCUT2D eigenvalue weighted by atomic mass is 9.84. The second-order valence-electron chi connectivity index (χ2n) is 8.65. The van der Waals surface area contributed by atoms with Crippen LogP contribution in [0.4, 0.5) is 0 Å². The fourth-order valence-corrected chi connectivity index (χ4v) is 4.65. The molecule has 2 aliphatic rings. The highest BCUT2D eigenvalue weighted by molar-refractivity contribution is 5.98. The average Bonchev–Trinajstić information content (AvgIpc) is 2.77. The molecule has 30 heavy (non-hydrogen) atoms. The summed E-state index contributed by atoms with van der Waals surface area (Å²) in [6, 6.07) is 7.78. The maximum atomic E-state index is 13.2. The highest BCUT2D eigenvalue weighted by Crippen LogP contribution is 2.28. The standard InChI is InChI=1S/C24H34N2O4/c1-2-9-19-15-30-16-21(27)22(19)26-24(29)20(14-17-10-5-3-6-11-17)25-23(28)18-12-7-4-8-13-18/h4,7-8,12-13,17,19-20,22H,2-3,5-6,9-11,14-16H2,1H3,(H,25,28)(H,26,29)/t19?,20-,22?/m0/s1. The van der Waals surface area contributed by atoms with Crippen molar-refractivity contribution in [2.45, 2.75) is 70.4 Å². The van der Waals surface area contributed by atoms with Gasteiger partial charge in [0.15, 0.2) is 5.78 Å². The molecule has 0 aromatic heterocycles. The minimum atomic E-state index is -0.640. The molecule has 3 rings (SSSR count). The molecule has 1 aromatic carbocycles. The number of Topliss-reactive ketones (excluding diaryl/α,β-unsaturated/α-hetero) is 1. The van der Waals surface area contributed by atoms with Crippen molar-refractivity contribution in [1.82, 2.24) is 10.6 Å². The molecule has 164 valence electrons. The van der Waals surface area contributed by atoms with E-state index in [0.717, 1.165) is 25.7 Å². The molecule has 2 unspecified atom stereocenters. The minimum absolute atomic E-state index is 0.0136. The largest absolute Gasteiger partial charge is 0.373 e. The summed E-state index contributed by atoms with van der Waals surface area (Å²) in [4.78, 5) is 38.4. The van der Waals surface area contributed by atoms with Gasteiger partial charge in [-0.1, -0.05) is 63.6 Å². The molecule has 3 atom stereocenters. The third-order valence-corrected chi connectivity index (χ3v) is 6.30. The van der Waals surface area contributed by atoms with Gasteiger partial charge < -0.3 is 15.4 Å². The summed E-state index contributed by atoms with van der Waals surface area (Å²) >= 11 is 0. The summed E-state index contributed by atoms with van der Waals surface area (Å²) in [5, 5.41) is 5.90. The van der Waals surface area contributed by atoms with Crippen LogP contribution in [0.1, 0.15) is 68.6 Å². The first kappa shape index (κ1) is 22.5. The summed E-state index contributed by atoms with van der Waals surface area (Å²) in [5.41, 5.74) is 0.532. The van der Waals surface area contributed by atoms with Gasteiger partial charge in [-0.3, -0.25) is 14.4 Å². The van der Waals surface area contributed by atoms with E-state index in [4.69, 9.17) is 4.74 Å². The van der Waals surface area contributed by atoms with Crippen molar-refractivity contribution in [2.24, 2.45) is 11.8 Å². The van der Waals surface area contributed by atoms with Crippen molar-refractivity contribution in [3.8, 4) is 0 Å². The van der Waals surface area contributed by atoms with Crippen molar-refractivity contribution >= 4 is 17.6 Å². The summed E-state index contributed by atoms with van der Waals surface area (Å²) < 4.78 is 5.39. The first-order valence-electron chi connectivity index (χ1n) is 11.3. The van der Waals surface area contributed by atoms with Crippen molar-refractivity contribution in [3.05, 3.63) is 35.9 Å². The Labute approximate surface area is 179 Å². The number of rotatable bonds is 8. The lowest BCUT2D eigenvalue weighted by molar-refractivity contribution is -0.138. The number of ketones is 1. The van der Waals surface area contributed by atoms with E-state index in [0.29, 0.717) is 24.5 Å². The third-order valence-electron chi connectivity index (χ3n) is 6.30. The van der Waals surface area contributed by atoms with Gasteiger partial charge in [0, 0.05) is 11.5 Å². The van der Waals surface area contributed by atoms with Crippen LogP contribution in [0, 0.1) is 11.8 Å². The first-order valence-corrected chi connectivity index (χ1v) is 11.3. The molecule has 0 spiro atoms. The number of nitrogens with one attached hydrogen (secondary N) is 2. The van der Waals surface area contributed by atoms with Crippen LogP contribution in [-0.4, -0.2) is 42.9 Å². The molecule has 1 aliphatic heterocycles. The van der Waals surface area contributed by atoms with Crippen LogP contribution in [0.5, 0.6) is 0 Å². The molecule has 6 nitrogen and oxygen atoms in total. The van der Waals surface area contributed by atoms with Crippen LogP contribution in [0.3, 0.4) is 0 Å². The summed E-state index contributed by atoms with van der Waals surface area (Å²) in [5.74, 6) is -0.192. The molecule has 1 aliphatic carbocycles. The zero-order valence-corrected chi connectivity index (χ0v) is 17.9. The quantitative estimate of drug-likeness (QED) is 0.684. The van der Waals surface area contributed by atoms with Crippen molar-refractivity contribution in [3.63, 3.8) is 0 Å². The Hall–Kier alpha value is -2.21. The predicted octanol–water partition coefficient (Wildman–Crippen LogP) is 3.26. The van der Waals surface area contributed by atoms with Crippen LogP contribution in [0.2, 0.25) is 0 Å². The number of benzene rings is 1. The molecule has 1 saturated heterocycles. The van der Waals surface area contributed by atoms with E-state index in [1.54, 1.807) is 24.3 Å². The SMILES string of the molecule is CCCC1COCC(=O)C1NC(=O)[C@H](CC1CCCCC1)NC(=O)c1ccccc1. The second kappa shape index (κ2) is 11.3. The molecular formula is C24H34N2O4. The van der Waals surface area contributed by atoms with E-state index in [1.165, 1.54) is 19.3 Å². The Morgan fingerprint density at radius 3 is 2.57 bits per heavy atom. The van der Waals surface area contributed by atoms with Gasteiger partial charge in [-0.2, -0.15) is 0 Å². The Balaban J connectivity index is 1.71. The van der Waals surface area contributed by atoms with E-state index < -0.39 is 12.1 Å². The number of ether oxygens (including phenoxy) is 1.